The SMILES string of the molecule is CCNC(C)Cc1ccc2ooc2c1. The van der Waals surface area contributed by atoms with Gasteiger partial charge in [0.1, 0.15) is 0 Å². The van der Waals surface area contributed by atoms with Crippen LogP contribution in [0, 0.1) is 0 Å². The molecule has 1 atom stereocenters. The lowest BCUT2D eigenvalue weighted by molar-refractivity contribution is 0.0588. The monoisotopic (exact) mass is 193 g/mol. The van der Waals surface area contributed by atoms with Crippen LogP contribution in [-0.2, 0) is 6.42 Å². The molecule has 0 radical (unpaired) electrons. The highest BCUT2D eigenvalue weighted by atomic mass is 17.0. The molecule has 0 spiro atoms. The first-order valence-corrected chi connectivity index (χ1v) is 5.00. The molecule has 14 heavy (non-hydrogen) atoms. The van der Waals surface area contributed by atoms with Gasteiger partial charge in [0, 0.05) is 6.04 Å². The van der Waals surface area contributed by atoms with Crippen molar-refractivity contribution < 1.29 is 9.15 Å². The number of likely N-dealkylation sites (N-methyl/N-ethyl adjacent to an activating group) is 1. The molecule has 0 aliphatic carbocycles. The lowest BCUT2D eigenvalue weighted by Gasteiger charge is -2.12. The zero-order chi connectivity index (χ0) is 9.97. The Balaban J connectivity index is 2.05. The second-order valence-electron chi connectivity index (χ2n) is 3.61. The quantitative estimate of drug-likeness (QED) is 0.758. The molecule has 3 heteroatoms. The summed E-state index contributed by atoms with van der Waals surface area (Å²) in [6.45, 7) is 5.30. The highest BCUT2D eigenvalue weighted by Crippen LogP contribution is 2.20. The molecule has 1 N–H and O–H groups in total. The normalized spacial score (nSPS) is 13.6. The third kappa shape index (κ3) is 1.82. The van der Waals surface area contributed by atoms with E-state index in [0.29, 0.717) is 6.04 Å². The van der Waals surface area contributed by atoms with Crippen LogP contribution < -0.4 is 5.32 Å². The van der Waals surface area contributed by atoms with Gasteiger partial charge in [0.15, 0.2) is 0 Å². The van der Waals surface area contributed by atoms with Crippen molar-refractivity contribution in [1.29, 1.82) is 0 Å². The second kappa shape index (κ2) is 3.88. The lowest BCUT2D eigenvalue weighted by Crippen LogP contribution is -2.27. The van der Waals surface area contributed by atoms with Crippen LogP contribution in [0.15, 0.2) is 27.4 Å². The molecule has 0 aliphatic heterocycles. The van der Waals surface area contributed by atoms with Crippen LogP contribution in [0.3, 0.4) is 0 Å². The summed E-state index contributed by atoms with van der Waals surface area (Å²) in [7, 11) is 0. The van der Waals surface area contributed by atoms with Gasteiger partial charge in [0.05, 0.1) is 0 Å². The Morgan fingerprint density at radius 3 is 2.64 bits per heavy atom. The summed E-state index contributed by atoms with van der Waals surface area (Å²) in [5.41, 5.74) is 2.97. The fourth-order valence-corrected chi connectivity index (χ4v) is 1.64. The summed E-state index contributed by atoms with van der Waals surface area (Å²) in [4.78, 5) is 0. The Morgan fingerprint density at radius 2 is 2.07 bits per heavy atom. The molecular formula is C11H15NO2. The van der Waals surface area contributed by atoms with E-state index in [-0.39, 0.29) is 0 Å². The fraction of sp³-hybridized carbons (Fsp3) is 0.455. The number of nitrogens with one attached hydrogen (secondary N) is 1. The molecule has 0 saturated carbocycles. The smallest absolute Gasteiger partial charge is 0.225 e. The Kier molecular flexibility index (Phi) is 2.59. The largest absolute Gasteiger partial charge is 0.314 e. The molecule has 1 heterocycles. The molecule has 76 valence electrons. The number of hydrogen-bond donors (Lipinski definition) is 1. The zero-order valence-electron chi connectivity index (χ0n) is 8.54. The van der Waals surface area contributed by atoms with Gasteiger partial charge in [-0.2, -0.15) is 0 Å². The van der Waals surface area contributed by atoms with E-state index >= 15 is 0 Å². The van der Waals surface area contributed by atoms with E-state index in [2.05, 4.69) is 25.2 Å². The molecule has 2 aromatic rings. The number of fused-ring (bicyclic) bond motifs is 1. The van der Waals surface area contributed by atoms with Gasteiger partial charge >= 0.3 is 0 Å². The van der Waals surface area contributed by atoms with Crippen molar-refractivity contribution in [3.63, 3.8) is 0 Å². The third-order valence-electron chi connectivity index (χ3n) is 2.32. The van der Waals surface area contributed by atoms with Gasteiger partial charge in [0.2, 0.25) is 11.2 Å². The van der Waals surface area contributed by atoms with Gasteiger partial charge in [-0.3, -0.25) is 9.15 Å². The molecule has 0 saturated heterocycles. The summed E-state index contributed by atoms with van der Waals surface area (Å²) < 4.78 is 9.61. The van der Waals surface area contributed by atoms with Crippen molar-refractivity contribution in [1.82, 2.24) is 5.32 Å². The number of benzene rings is 1. The minimum atomic E-state index is 0.499. The van der Waals surface area contributed by atoms with Crippen molar-refractivity contribution in [3.8, 4) is 0 Å². The predicted molar refractivity (Wildman–Crippen MR) is 55.3 cm³/mol. The van der Waals surface area contributed by atoms with E-state index in [4.69, 9.17) is 9.15 Å². The molecule has 0 amide bonds. The molecule has 1 aromatic carbocycles. The van der Waals surface area contributed by atoms with Crippen molar-refractivity contribution in [3.05, 3.63) is 23.8 Å². The fourth-order valence-electron chi connectivity index (χ4n) is 1.64. The molecule has 0 aliphatic rings. The Morgan fingerprint density at radius 1 is 1.29 bits per heavy atom. The second-order valence-corrected chi connectivity index (χ2v) is 3.61. The molecule has 3 nitrogen and oxygen atoms in total. The molecule has 0 fully saturated rings. The van der Waals surface area contributed by atoms with Gasteiger partial charge in [0.25, 0.3) is 0 Å². The summed E-state index contributed by atoms with van der Waals surface area (Å²) in [6.07, 6.45) is 1.02. The zero-order valence-corrected chi connectivity index (χ0v) is 8.54. The average Bonchev–Trinajstić information content (AvgIpc) is 2.10. The van der Waals surface area contributed by atoms with E-state index in [9.17, 15) is 0 Å². The first-order chi connectivity index (χ1) is 6.79. The van der Waals surface area contributed by atoms with Crippen LogP contribution in [-0.4, -0.2) is 12.6 Å². The molecule has 2 rings (SSSR count). The Labute approximate surface area is 83.0 Å². The minimum absolute atomic E-state index is 0.499. The van der Waals surface area contributed by atoms with Gasteiger partial charge in [-0.05, 0) is 37.6 Å². The first-order valence-electron chi connectivity index (χ1n) is 5.00. The molecule has 1 unspecified atom stereocenters. The van der Waals surface area contributed by atoms with Crippen LogP contribution in [0.2, 0.25) is 0 Å². The molecule has 1 aromatic heterocycles. The summed E-state index contributed by atoms with van der Waals surface area (Å²) in [6, 6.07) is 6.56. The maximum absolute atomic E-state index is 4.84. The van der Waals surface area contributed by atoms with E-state index in [1.807, 2.05) is 12.1 Å². The lowest BCUT2D eigenvalue weighted by atomic mass is 10.1. The highest BCUT2D eigenvalue weighted by molar-refractivity contribution is 5.71. The van der Waals surface area contributed by atoms with Gasteiger partial charge in [-0.25, -0.2) is 0 Å². The summed E-state index contributed by atoms with van der Waals surface area (Å²) >= 11 is 0. The van der Waals surface area contributed by atoms with Crippen molar-refractivity contribution in [2.24, 2.45) is 0 Å². The van der Waals surface area contributed by atoms with Crippen LogP contribution in [0.5, 0.6) is 0 Å². The maximum Gasteiger partial charge on any atom is 0.225 e. The van der Waals surface area contributed by atoms with Crippen LogP contribution in [0.1, 0.15) is 19.4 Å². The molecular weight excluding hydrogens is 178 g/mol. The average molecular weight is 193 g/mol. The van der Waals surface area contributed by atoms with Crippen LogP contribution in [0.4, 0.5) is 0 Å². The predicted octanol–water partition coefficient (Wildman–Crippen LogP) is 2.57. The topological polar surface area (TPSA) is 38.3 Å². The maximum atomic E-state index is 4.84. The summed E-state index contributed by atoms with van der Waals surface area (Å²) in [5.74, 6) is 0. The summed E-state index contributed by atoms with van der Waals surface area (Å²) in [5, 5.41) is 3.37. The highest BCUT2D eigenvalue weighted by Gasteiger charge is 2.07. The molecule has 0 bridgehead atoms. The van der Waals surface area contributed by atoms with Crippen LogP contribution in [0.25, 0.3) is 11.2 Å². The minimum Gasteiger partial charge on any atom is -0.314 e. The standard InChI is InChI=1S/C11H15NO2/c1-3-12-8(2)6-9-4-5-10-11(7-9)14-13-10/h4-5,7-8,12H,3,6H2,1-2H3. The van der Waals surface area contributed by atoms with E-state index < -0.39 is 0 Å². The van der Waals surface area contributed by atoms with Crippen molar-refractivity contribution in [2.75, 3.05) is 6.54 Å². The Bertz CT molecular complexity index is 402. The van der Waals surface area contributed by atoms with Crippen molar-refractivity contribution >= 4 is 11.2 Å². The van der Waals surface area contributed by atoms with Gasteiger partial charge in [-0.1, -0.05) is 13.0 Å². The first kappa shape index (κ1) is 9.34. The number of rotatable bonds is 4. The van der Waals surface area contributed by atoms with E-state index in [1.165, 1.54) is 5.56 Å². The van der Waals surface area contributed by atoms with Gasteiger partial charge in [-0.15, -0.1) is 0 Å². The van der Waals surface area contributed by atoms with E-state index in [0.717, 1.165) is 24.1 Å². The number of hydrogen-bond acceptors (Lipinski definition) is 3. The van der Waals surface area contributed by atoms with Crippen LogP contribution >= 0.6 is 0 Å². The third-order valence-corrected chi connectivity index (χ3v) is 2.32. The Hall–Kier alpha value is -1.22. The van der Waals surface area contributed by atoms with Crippen molar-refractivity contribution in [2.45, 2.75) is 26.3 Å². The van der Waals surface area contributed by atoms with Gasteiger partial charge < -0.3 is 5.32 Å². The van der Waals surface area contributed by atoms with E-state index in [1.54, 1.807) is 0 Å².